The topological polar surface area (TPSA) is 69.6 Å². The first-order chi connectivity index (χ1) is 9.08. The number of hydrogen-bond acceptors (Lipinski definition) is 3. The second-order valence-corrected chi connectivity index (χ2v) is 5.35. The molecule has 2 N–H and O–H groups in total. The number of carbonyl (C=O) groups is 2. The third-order valence-electron chi connectivity index (χ3n) is 3.06. The van der Waals surface area contributed by atoms with E-state index in [4.69, 9.17) is 5.11 Å². The summed E-state index contributed by atoms with van der Waals surface area (Å²) >= 11 is 3.39. The van der Waals surface area contributed by atoms with Gasteiger partial charge in [-0.1, -0.05) is 22.0 Å². The summed E-state index contributed by atoms with van der Waals surface area (Å²) < 4.78 is 0.906. The Balaban J connectivity index is 2.31. The molecule has 0 radical (unpaired) electrons. The highest BCUT2D eigenvalue weighted by Crippen LogP contribution is 2.24. The van der Waals surface area contributed by atoms with E-state index in [2.05, 4.69) is 21.2 Å². The van der Waals surface area contributed by atoms with Crippen LogP contribution >= 0.6 is 15.9 Å². The van der Waals surface area contributed by atoms with Crippen molar-refractivity contribution in [2.24, 2.45) is 0 Å². The number of anilines is 1. The monoisotopic (exact) mass is 326 g/mol. The predicted octanol–water partition coefficient (Wildman–Crippen LogP) is 1.62. The van der Waals surface area contributed by atoms with Crippen molar-refractivity contribution in [3.63, 3.8) is 0 Å². The number of carbonyl (C=O) groups excluding carboxylic acids is 1. The lowest BCUT2D eigenvalue weighted by Crippen LogP contribution is -2.45. The number of carboxylic acids is 1. The molecule has 1 fully saturated rings. The van der Waals surface area contributed by atoms with Crippen LogP contribution < -0.4 is 10.2 Å². The van der Waals surface area contributed by atoms with E-state index in [1.54, 1.807) is 0 Å². The third kappa shape index (κ3) is 3.47. The minimum Gasteiger partial charge on any atom is -0.481 e. The first-order valence-electron chi connectivity index (χ1n) is 6.09. The van der Waals surface area contributed by atoms with Crippen molar-refractivity contribution in [2.45, 2.75) is 18.9 Å². The van der Waals surface area contributed by atoms with Crippen LogP contribution in [0, 0.1) is 0 Å². The molecule has 1 heterocycles. The summed E-state index contributed by atoms with van der Waals surface area (Å²) in [5, 5.41) is 11.7. The Morgan fingerprint density at radius 1 is 1.53 bits per heavy atom. The van der Waals surface area contributed by atoms with Crippen LogP contribution in [0.2, 0.25) is 0 Å². The highest BCUT2D eigenvalue weighted by Gasteiger charge is 2.30. The zero-order valence-electron chi connectivity index (χ0n) is 10.3. The van der Waals surface area contributed by atoms with Gasteiger partial charge in [0.05, 0.1) is 6.42 Å². The van der Waals surface area contributed by atoms with E-state index in [1.165, 1.54) is 0 Å². The summed E-state index contributed by atoms with van der Waals surface area (Å²) in [6.45, 7) is 1.24. The van der Waals surface area contributed by atoms with Crippen LogP contribution in [-0.2, 0) is 9.59 Å². The van der Waals surface area contributed by atoms with Gasteiger partial charge < -0.3 is 15.3 Å². The Kier molecular flexibility index (Phi) is 4.42. The Hall–Kier alpha value is -1.56. The van der Waals surface area contributed by atoms with Crippen molar-refractivity contribution in [1.82, 2.24) is 5.32 Å². The SMILES string of the molecule is O=C(O)CC1C(=O)NCCCN1c1cccc(Br)c1. The summed E-state index contributed by atoms with van der Waals surface area (Å²) in [5.41, 5.74) is 0.859. The largest absolute Gasteiger partial charge is 0.481 e. The average molecular weight is 327 g/mol. The lowest BCUT2D eigenvalue weighted by molar-refractivity contribution is -0.139. The lowest BCUT2D eigenvalue weighted by atomic mass is 10.1. The van der Waals surface area contributed by atoms with E-state index >= 15 is 0 Å². The van der Waals surface area contributed by atoms with Crippen LogP contribution in [0.4, 0.5) is 5.69 Å². The van der Waals surface area contributed by atoms with E-state index in [0.717, 1.165) is 16.6 Å². The van der Waals surface area contributed by atoms with Gasteiger partial charge >= 0.3 is 5.97 Å². The Bertz CT molecular complexity index is 493. The van der Waals surface area contributed by atoms with E-state index in [0.29, 0.717) is 13.1 Å². The lowest BCUT2D eigenvalue weighted by Gasteiger charge is -2.29. The highest BCUT2D eigenvalue weighted by molar-refractivity contribution is 9.10. The molecule has 19 heavy (non-hydrogen) atoms. The smallest absolute Gasteiger partial charge is 0.305 e. The summed E-state index contributed by atoms with van der Waals surface area (Å²) in [4.78, 5) is 24.8. The van der Waals surface area contributed by atoms with Crippen LogP contribution in [0.25, 0.3) is 0 Å². The summed E-state index contributed by atoms with van der Waals surface area (Å²) in [7, 11) is 0. The molecule has 5 nitrogen and oxygen atoms in total. The standard InChI is InChI=1S/C13H15BrN2O3/c14-9-3-1-4-10(7-9)16-6-2-5-15-13(19)11(16)8-12(17)18/h1,3-4,7,11H,2,5-6,8H2,(H,15,19)(H,17,18). The molecule has 1 amide bonds. The number of hydrogen-bond donors (Lipinski definition) is 2. The fourth-order valence-corrected chi connectivity index (χ4v) is 2.60. The van der Waals surface area contributed by atoms with E-state index in [1.807, 2.05) is 29.2 Å². The summed E-state index contributed by atoms with van der Waals surface area (Å²) in [5.74, 6) is -1.19. The van der Waals surface area contributed by atoms with Crippen molar-refractivity contribution in [3.8, 4) is 0 Å². The van der Waals surface area contributed by atoms with Gasteiger partial charge in [0, 0.05) is 23.2 Å². The molecule has 0 bridgehead atoms. The van der Waals surface area contributed by atoms with E-state index in [9.17, 15) is 9.59 Å². The number of nitrogens with zero attached hydrogens (tertiary/aromatic N) is 1. The third-order valence-corrected chi connectivity index (χ3v) is 3.55. The molecule has 1 aliphatic heterocycles. The minimum atomic E-state index is -0.970. The quantitative estimate of drug-likeness (QED) is 0.885. The first-order valence-corrected chi connectivity index (χ1v) is 6.89. The second-order valence-electron chi connectivity index (χ2n) is 4.43. The van der Waals surface area contributed by atoms with Crippen molar-refractivity contribution in [1.29, 1.82) is 0 Å². The van der Waals surface area contributed by atoms with E-state index in [-0.39, 0.29) is 12.3 Å². The molecular formula is C13H15BrN2O3. The number of amides is 1. The maximum Gasteiger partial charge on any atom is 0.305 e. The molecule has 0 saturated carbocycles. The van der Waals surface area contributed by atoms with Crippen LogP contribution in [0.3, 0.4) is 0 Å². The number of aliphatic carboxylic acids is 1. The van der Waals surface area contributed by atoms with Gasteiger partial charge in [-0.05, 0) is 24.6 Å². The first kappa shape index (κ1) is 13.9. The van der Waals surface area contributed by atoms with Crippen LogP contribution in [0.5, 0.6) is 0 Å². The molecule has 6 heteroatoms. The normalized spacial score (nSPS) is 19.7. The molecule has 0 spiro atoms. The molecule has 0 aliphatic carbocycles. The maximum atomic E-state index is 12.0. The zero-order valence-corrected chi connectivity index (χ0v) is 11.9. The molecule has 1 aliphatic rings. The zero-order chi connectivity index (χ0) is 13.8. The summed E-state index contributed by atoms with van der Waals surface area (Å²) in [6, 6.07) is 6.90. The number of halogens is 1. The highest BCUT2D eigenvalue weighted by atomic mass is 79.9. The van der Waals surface area contributed by atoms with Crippen molar-refractivity contribution in [2.75, 3.05) is 18.0 Å². The molecule has 1 saturated heterocycles. The molecule has 102 valence electrons. The van der Waals surface area contributed by atoms with Crippen LogP contribution in [-0.4, -0.2) is 36.1 Å². The predicted molar refractivity (Wildman–Crippen MR) is 75.2 cm³/mol. The van der Waals surface area contributed by atoms with Crippen molar-refractivity contribution in [3.05, 3.63) is 28.7 Å². The molecule has 0 aromatic heterocycles. The summed E-state index contributed by atoms with van der Waals surface area (Å²) in [6.07, 6.45) is 0.604. The number of benzene rings is 1. The Labute approximate surface area is 119 Å². The maximum absolute atomic E-state index is 12.0. The van der Waals surface area contributed by atoms with Crippen LogP contribution in [0.1, 0.15) is 12.8 Å². The fourth-order valence-electron chi connectivity index (χ4n) is 2.21. The van der Waals surface area contributed by atoms with Gasteiger partial charge in [-0.15, -0.1) is 0 Å². The number of carboxylic acid groups (broad SMARTS) is 1. The number of rotatable bonds is 3. The Morgan fingerprint density at radius 2 is 2.32 bits per heavy atom. The van der Waals surface area contributed by atoms with Gasteiger partial charge in [-0.25, -0.2) is 0 Å². The molecule has 1 aromatic rings. The molecular weight excluding hydrogens is 312 g/mol. The van der Waals surface area contributed by atoms with Crippen LogP contribution in [0.15, 0.2) is 28.7 Å². The van der Waals surface area contributed by atoms with Gasteiger partial charge in [0.15, 0.2) is 0 Å². The average Bonchev–Trinajstić information content (AvgIpc) is 2.52. The fraction of sp³-hybridized carbons (Fsp3) is 0.385. The second kappa shape index (κ2) is 6.06. The van der Waals surface area contributed by atoms with Crippen molar-refractivity contribution >= 4 is 33.5 Å². The van der Waals surface area contributed by atoms with E-state index < -0.39 is 12.0 Å². The van der Waals surface area contributed by atoms with Crippen molar-refractivity contribution < 1.29 is 14.7 Å². The van der Waals surface area contributed by atoms with Gasteiger partial charge in [0.1, 0.15) is 6.04 Å². The molecule has 2 rings (SSSR count). The minimum absolute atomic E-state index is 0.196. The molecule has 1 aromatic carbocycles. The van der Waals surface area contributed by atoms with Gasteiger partial charge in [0.2, 0.25) is 5.91 Å². The van der Waals surface area contributed by atoms with Gasteiger partial charge in [0.25, 0.3) is 0 Å². The number of nitrogens with one attached hydrogen (secondary N) is 1. The molecule has 1 unspecified atom stereocenters. The molecule has 1 atom stereocenters. The Morgan fingerprint density at radius 3 is 3.00 bits per heavy atom. The van der Waals surface area contributed by atoms with Gasteiger partial charge in [-0.2, -0.15) is 0 Å². The van der Waals surface area contributed by atoms with Gasteiger partial charge in [-0.3, -0.25) is 9.59 Å².